The van der Waals surface area contributed by atoms with E-state index in [1.165, 1.54) is 12.3 Å². The van der Waals surface area contributed by atoms with Crippen LogP contribution in [0.15, 0.2) is 51.9 Å². The highest BCUT2D eigenvalue weighted by molar-refractivity contribution is 6.30. The van der Waals surface area contributed by atoms with Crippen molar-refractivity contribution in [2.45, 2.75) is 18.9 Å². The van der Waals surface area contributed by atoms with Gasteiger partial charge in [0.15, 0.2) is 0 Å². The lowest BCUT2D eigenvalue weighted by molar-refractivity contribution is 0.0709. The first kappa shape index (κ1) is 16.5. The number of hydrogen-bond acceptors (Lipinski definition) is 5. The molecule has 0 aliphatic carbocycles. The first-order chi connectivity index (χ1) is 12.6. The number of halogens is 1. The number of benzene rings is 1. The summed E-state index contributed by atoms with van der Waals surface area (Å²) >= 11 is 5.83. The highest BCUT2D eigenvalue weighted by Crippen LogP contribution is 2.33. The number of nitrogens with one attached hydrogen (secondary N) is 1. The maximum Gasteiger partial charge on any atom is 0.266 e. The molecule has 1 fully saturated rings. The SMILES string of the molecule is O=C(c1c[nH]c(=O)c(Cl)c1)N1CCCC1c1nc(-c2ccccc2)no1. The third kappa shape index (κ3) is 3.01. The van der Waals surface area contributed by atoms with Crippen molar-refractivity contribution >= 4 is 17.5 Å². The van der Waals surface area contributed by atoms with Gasteiger partial charge in [-0.1, -0.05) is 47.1 Å². The molecule has 0 radical (unpaired) electrons. The zero-order valence-corrected chi connectivity index (χ0v) is 14.4. The fraction of sp³-hybridized carbons (Fsp3) is 0.222. The number of aromatic nitrogens is 3. The van der Waals surface area contributed by atoms with E-state index in [0.29, 0.717) is 23.8 Å². The molecule has 1 atom stereocenters. The zero-order chi connectivity index (χ0) is 18.1. The van der Waals surface area contributed by atoms with Gasteiger partial charge in [-0.3, -0.25) is 9.59 Å². The van der Waals surface area contributed by atoms with Gasteiger partial charge in [0.1, 0.15) is 11.1 Å². The van der Waals surface area contributed by atoms with Gasteiger partial charge >= 0.3 is 0 Å². The Morgan fingerprint density at radius 3 is 2.88 bits per heavy atom. The number of hydrogen-bond donors (Lipinski definition) is 1. The third-order valence-electron chi connectivity index (χ3n) is 4.38. The number of carbonyl (C=O) groups excluding carboxylic acids is 1. The van der Waals surface area contributed by atoms with Crippen molar-refractivity contribution in [2.75, 3.05) is 6.54 Å². The number of aromatic amines is 1. The Hall–Kier alpha value is -2.93. The number of nitrogens with zero attached hydrogens (tertiary/aromatic N) is 3. The van der Waals surface area contributed by atoms with Crippen molar-refractivity contribution in [2.24, 2.45) is 0 Å². The summed E-state index contributed by atoms with van der Waals surface area (Å²) in [4.78, 5) is 32.8. The summed E-state index contributed by atoms with van der Waals surface area (Å²) in [5.41, 5.74) is 0.751. The smallest absolute Gasteiger partial charge is 0.266 e. The third-order valence-corrected chi connectivity index (χ3v) is 4.66. The van der Waals surface area contributed by atoms with Crippen LogP contribution in [-0.4, -0.2) is 32.5 Å². The molecule has 1 saturated heterocycles. The van der Waals surface area contributed by atoms with Gasteiger partial charge in [0.05, 0.1) is 5.56 Å². The second-order valence-corrected chi connectivity index (χ2v) is 6.45. The Morgan fingerprint density at radius 1 is 1.31 bits per heavy atom. The topological polar surface area (TPSA) is 92.1 Å². The molecule has 0 spiro atoms. The van der Waals surface area contributed by atoms with E-state index in [2.05, 4.69) is 15.1 Å². The first-order valence-corrected chi connectivity index (χ1v) is 8.59. The zero-order valence-electron chi connectivity index (χ0n) is 13.7. The molecular weight excluding hydrogens is 356 g/mol. The summed E-state index contributed by atoms with van der Waals surface area (Å²) in [6.45, 7) is 0.573. The Balaban J connectivity index is 1.60. The summed E-state index contributed by atoms with van der Waals surface area (Å²) in [6.07, 6.45) is 2.94. The molecular formula is C18H15ClN4O3. The highest BCUT2D eigenvalue weighted by atomic mass is 35.5. The summed E-state index contributed by atoms with van der Waals surface area (Å²) in [7, 11) is 0. The molecule has 132 valence electrons. The van der Waals surface area contributed by atoms with Crippen LogP contribution >= 0.6 is 11.6 Å². The van der Waals surface area contributed by atoms with E-state index in [4.69, 9.17) is 16.1 Å². The van der Waals surface area contributed by atoms with Gasteiger partial charge in [0.2, 0.25) is 11.7 Å². The summed E-state index contributed by atoms with van der Waals surface area (Å²) in [6, 6.07) is 10.6. The van der Waals surface area contributed by atoms with Crippen molar-refractivity contribution in [1.82, 2.24) is 20.0 Å². The maximum atomic E-state index is 12.8. The lowest BCUT2D eigenvalue weighted by Crippen LogP contribution is -2.31. The van der Waals surface area contributed by atoms with Gasteiger partial charge in [0.25, 0.3) is 11.5 Å². The van der Waals surface area contributed by atoms with Crippen molar-refractivity contribution in [3.63, 3.8) is 0 Å². The Bertz CT molecular complexity index is 999. The Morgan fingerprint density at radius 2 is 2.12 bits per heavy atom. The van der Waals surface area contributed by atoms with Crippen molar-refractivity contribution in [3.05, 3.63) is 69.4 Å². The van der Waals surface area contributed by atoms with E-state index >= 15 is 0 Å². The van der Waals surface area contributed by atoms with E-state index in [1.54, 1.807) is 4.90 Å². The molecule has 1 aliphatic heterocycles. The van der Waals surface area contributed by atoms with E-state index in [9.17, 15) is 9.59 Å². The molecule has 3 aromatic rings. The predicted molar refractivity (Wildman–Crippen MR) is 94.8 cm³/mol. The van der Waals surface area contributed by atoms with Gasteiger partial charge in [0, 0.05) is 18.3 Å². The molecule has 1 unspecified atom stereocenters. The van der Waals surface area contributed by atoms with Crippen LogP contribution in [0, 0.1) is 0 Å². The minimum absolute atomic E-state index is 0.0178. The Kier molecular flexibility index (Phi) is 4.30. The number of carbonyl (C=O) groups is 1. The van der Waals surface area contributed by atoms with Crippen LogP contribution in [0.3, 0.4) is 0 Å². The van der Waals surface area contributed by atoms with Crippen LogP contribution in [-0.2, 0) is 0 Å². The van der Waals surface area contributed by atoms with Gasteiger partial charge in [-0.05, 0) is 18.9 Å². The van der Waals surface area contributed by atoms with Crippen LogP contribution in [0.1, 0.15) is 35.1 Å². The second-order valence-electron chi connectivity index (χ2n) is 6.04. The van der Waals surface area contributed by atoms with Crippen LogP contribution in [0.5, 0.6) is 0 Å². The van der Waals surface area contributed by atoms with Crippen molar-refractivity contribution in [3.8, 4) is 11.4 Å². The average molecular weight is 371 g/mol. The minimum Gasteiger partial charge on any atom is -0.337 e. The second kappa shape index (κ2) is 6.76. The molecule has 0 saturated carbocycles. The predicted octanol–water partition coefficient (Wildman–Crippen LogP) is 3.06. The molecule has 1 N–H and O–H groups in total. The largest absolute Gasteiger partial charge is 0.337 e. The fourth-order valence-electron chi connectivity index (χ4n) is 3.09. The lowest BCUT2D eigenvalue weighted by atomic mass is 10.2. The van der Waals surface area contributed by atoms with Gasteiger partial charge in [-0.25, -0.2) is 0 Å². The van der Waals surface area contributed by atoms with Crippen LogP contribution in [0.4, 0.5) is 0 Å². The van der Waals surface area contributed by atoms with Crippen molar-refractivity contribution < 1.29 is 9.32 Å². The van der Waals surface area contributed by atoms with Gasteiger partial charge < -0.3 is 14.4 Å². The first-order valence-electron chi connectivity index (χ1n) is 8.22. The van der Waals surface area contributed by atoms with Gasteiger partial charge in [-0.15, -0.1) is 0 Å². The quantitative estimate of drug-likeness (QED) is 0.765. The number of likely N-dealkylation sites (tertiary alicyclic amines) is 1. The highest BCUT2D eigenvalue weighted by Gasteiger charge is 2.34. The number of amides is 1. The van der Waals surface area contributed by atoms with Crippen molar-refractivity contribution in [1.29, 1.82) is 0 Å². The standard InChI is InChI=1S/C18H15ClN4O3/c19-13-9-12(10-20-16(13)24)18(25)23-8-4-7-14(23)17-21-15(22-26-17)11-5-2-1-3-6-11/h1-3,5-6,9-10,14H,4,7-8H2,(H,20,24). The van der Waals surface area contributed by atoms with Crippen LogP contribution in [0.25, 0.3) is 11.4 Å². The summed E-state index contributed by atoms with van der Waals surface area (Å²) in [5, 5.41) is 4.01. The number of H-pyrrole nitrogens is 1. The van der Waals surface area contributed by atoms with Crippen LogP contribution in [0.2, 0.25) is 5.02 Å². The van der Waals surface area contributed by atoms with E-state index in [1.807, 2.05) is 30.3 Å². The molecule has 4 rings (SSSR count). The van der Waals surface area contributed by atoms with Crippen LogP contribution < -0.4 is 5.56 Å². The average Bonchev–Trinajstić information content (AvgIpc) is 3.33. The number of pyridine rings is 1. The summed E-state index contributed by atoms with van der Waals surface area (Å²) < 4.78 is 5.42. The van der Waals surface area contributed by atoms with E-state index in [-0.39, 0.29) is 17.0 Å². The molecule has 0 bridgehead atoms. The van der Waals surface area contributed by atoms with Gasteiger partial charge in [-0.2, -0.15) is 4.98 Å². The van der Waals surface area contributed by atoms with E-state index in [0.717, 1.165) is 18.4 Å². The molecule has 26 heavy (non-hydrogen) atoms. The Labute approximate surface area is 153 Å². The fourth-order valence-corrected chi connectivity index (χ4v) is 3.26. The lowest BCUT2D eigenvalue weighted by Gasteiger charge is -2.21. The minimum atomic E-state index is -0.425. The molecule has 7 nitrogen and oxygen atoms in total. The molecule has 1 amide bonds. The molecule has 2 aromatic heterocycles. The number of rotatable bonds is 3. The maximum absolute atomic E-state index is 12.8. The molecule has 3 heterocycles. The monoisotopic (exact) mass is 370 g/mol. The van der Waals surface area contributed by atoms with E-state index < -0.39 is 5.56 Å². The molecule has 1 aliphatic rings. The summed E-state index contributed by atoms with van der Waals surface area (Å²) in [5.74, 6) is 0.669. The molecule has 8 heteroatoms. The normalized spacial score (nSPS) is 16.8. The molecule has 1 aromatic carbocycles.